The van der Waals surface area contributed by atoms with Crippen LogP contribution >= 0.6 is 15.9 Å². The second-order valence-corrected chi connectivity index (χ2v) is 6.00. The number of anilines is 1. The number of hydrogen-bond donors (Lipinski definition) is 1. The Balaban J connectivity index is 1.59. The number of para-hydroxylation sites is 1. The average Bonchev–Trinajstić information content (AvgIpc) is 2.95. The molecule has 1 saturated heterocycles. The summed E-state index contributed by atoms with van der Waals surface area (Å²) in [5.41, 5.74) is 1.34. The lowest BCUT2D eigenvalue weighted by Crippen LogP contribution is -2.34. The maximum atomic E-state index is 12.2. The number of halogens is 1. The summed E-state index contributed by atoms with van der Waals surface area (Å²) in [6.45, 7) is 0.689. The van der Waals surface area contributed by atoms with Crippen LogP contribution in [0.1, 0.15) is 10.4 Å². The molecule has 2 aromatic carbocycles. The van der Waals surface area contributed by atoms with Crippen molar-refractivity contribution < 1.29 is 14.3 Å². The largest absolute Gasteiger partial charge is 0.442 e. The molecular weight excluding hydrogens is 360 g/mol. The molecule has 23 heavy (non-hydrogen) atoms. The third kappa shape index (κ3) is 3.53. The summed E-state index contributed by atoms with van der Waals surface area (Å²) >= 11 is 3.35. The molecule has 1 aliphatic rings. The van der Waals surface area contributed by atoms with Gasteiger partial charge in [0.1, 0.15) is 6.10 Å². The van der Waals surface area contributed by atoms with E-state index in [1.807, 2.05) is 42.5 Å². The fourth-order valence-corrected chi connectivity index (χ4v) is 2.86. The Morgan fingerprint density at radius 2 is 1.87 bits per heavy atom. The first-order chi connectivity index (χ1) is 11.1. The van der Waals surface area contributed by atoms with Crippen LogP contribution in [0, 0.1) is 0 Å². The molecule has 2 amide bonds. The van der Waals surface area contributed by atoms with E-state index in [1.165, 1.54) is 0 Å². The summed E-state index contributed by atoms with van der Waals surface area (Å²) in [6.07, 6.45) is -0.759. The molecule has 2 aromatic rings. The molecule has 5 nitrogen and oxygen atoms in total. The van der Waals surface area contributed by atoms with E-state index in [2.05, 4.69) is 21.2 Å². The Bertz CT molecular complexity index is 721. The number of amides is 2. The molecule has 1 fully saturated rings. The Morgan fingerprint density at radius 1 is 1.17 bits per heavy atom. The summed E-state index contributed by atoms with van der Waals surface area (Å²) in [5.74, 6) is -0.202. The van der Waals surface area contributed by atoms with E-state index < -0.39 is 6.09 Å². The highest BCUT2D eigenvalue weighted by Crippen LogP contribution is 2.21. The lowest BCUT2D eigenvalue weighted by molar-refractivity contribution is 0.0915. The van der Waals surface area contributed by atoms with E-state index in [0.29, 0.717) is 12.1 Å². The maximum absolute atomic E-state index is 12.2. The third-order valence-electron chi connectivity index (χ3n) is 3.55. The van der Waals surface area contributed by atoms with Crippen LogP contribution in [-0.2, 0) is 4.74 Å². The van der Waals surface area contributed by atoms with Crippen LogP contribution in [0.5, 0.6) is 0 Å². The van der Waals surface area contributed by atoms with E-state index in [1.54, 1.807) is 17.0 Å². The zero-order chi connectivity index (χ0) is 16.2. The highest BCUT2D eigenvalue weighted by atomic mass is 79.9. The number of hydrogen-bond acceptors (Lipinski definition) is 3. The van der Waals surface area contributed by atoms with E-state index in [9.17, 15) is 9.59 Å². The van der Waals surface area contributed by atoms with Crippen LogP contribution in [0.3, 0.4) is 0 Å². The molecule has 1 heterocycles. The normalized spacial score (nSPS) is 17.0. The van der Waals surface area contributed by atoms with Crippen LogP contribution in [0.15, 0.2) is 59.1 Å². The number of nitrogens with zero attached hydrogens (tertiary/aromatic N) is 1. The Morgan fingerprint density at radius 3 is 2.61 bits per heavy atom. The first-order valence-electron chi connectivity index (χ1n) is 7.21. The molecule has 0 spiro atoms. The van der Waals surface area contributed by atoms with Gasteiger partial charge < -0.3 is 10.1 Å². The summed E-state index contributed by atoms with van der Waals surface area (Å²) < 4.78 is 6.03. The average molecular weight is 375 g/mol. The Hall–Kier alpha value is -2.34. The maximum Gasteiger partial charge on any atom is 0.414 e. The number of cyclic esters (lactones) is 1. The van der Waals surface area contributed by atoms with Crippen molar-refractivity contribution in [2.75, 3.05) is 18.0 Å². The fourth-order valence-electron chi connectivity index (χ4n) is 2.39. The molecule has 3 rings (SSSR count). The topological polar surface area (TPSA) is 58.6 Å². The molecule has 0 bridgehead atoms. The van der Waals surface area contributed by atoms with Crippen molar-refractivity contribution in [1.82, 2.24) is 5.32 Å². The molecule has 1 unspecified atom stereocenters. The lowest BCUT2D eigenvalue weighted by Gasteiger charge is -2.13. The summed E-state index contributed by atoms with van der Waals surface area (Å²) in [7, 11) is 0. The second kappa shape index (κ2) is 6.83. The van der Waals surface area contributed by atoms with Gasteiger partial charge in [0, 0.05) is 10.2 Å². The van der Waals surface area contributed by atoms with E-state index in [0.717, 1.165) is 10.2 Å². The van der Waals surface area contributed by atoms with Crippen LogP contribution in [0.25, 0.3) is 0 Å². The van der Waals surface area contributed by atoms with Gasteiger partial charge in [-0.05, 0) is 40.2 Å². The van der Waals surface area contributed by atoms with Gasteiger partial charge in [0.05, 0.1) is 18.7 Å². The zero-order valence-corrected chi connectivity index (χ0v) is 13.8. The first-order valence-corrected chi connectivity index (χ1v) is 8.00. The van der Waals surface area contributed by atoms with Crippen molar-refractivity contribution in [3.63, 3.8) is 0 Å². The van der Waals surface area contributed by atoms with Crippen molar-refractivity contribution in [3.05, 3.63) is 64.6 Å². The van der Waals surface area contributed by atoms with Gasteiger partial charge in [-0.25, -0.2) is 4.79 Å². The highest BCUT2D eigenvalue weighted by Gasteiger charge is 2.32. The number of carbonyl (C=O) groups excluding carboxylic acids is 2. The van der Waals surface area contributed by atoms with Gasteiger partial charge in [0.15, 0.2) is 0 Å². The molecule has 0 aromatic heterocycles. The zero-order valence-electron chi connectivity index (χ0n) is 12.2. The summed E-state index contributed by atoms with van der Waals surface area (Å²) in [5, 5.41) is 2.80. The quantitative estimate of drug-likeness (QED) is 0.893. The monoisotopic (exact) mass is 374 g/mol. The summed E-state index contributed by atoms with van der Waals surface area (Å²) in [6, 6.07) is 16.5. The van der Waals surface area contributed by atoms with E-state index in [-0.39, 0.29) is 18.6 Å². The Kier molecular flexibility index (Phi) is 4.62. The summed E-state index contributed by atoms with van der Waals surface area (Å²) in [4.78, 5) is 25.7. The van der Waals surface area contributed by atoms with Gasteiger partial charge in [-0.3, -0.25) is 9.69 Å². The smallest absolute Gasteiger partial charge is 0.414 e. The number of nitrogens with one attached hydrogen (secondary N) is 1. The molecular formula is C17H15BrN2O3. The number of ether oxygens (including phenoxy) is 1. The minimum Gasteiger partial charge on any atom is -0.442 e. The molecule has 118 valence electrons. The number of benzene rings is 2. The van der Waals surface area contributed by atoms with Gasteiger partial charge in [0.2, 0.25) is 0 Å². The molecule has 0 saturated carbocycles. The molecule has 1 N–H and O–H groups in total. The second-order valence-electron chi connectivity index (χ2n) is 5.14. The van der Waals surface area contributed by atoms with Crippen molar-refractivity contribution >= 4 is 33.6 Å². The molecule has 0 radical (unpaired) electrons. The lowest BCUT2D eigenvalue weighted by atomic mass is 10.2. The van der Waals surface area contributed by atoms with Crippen LogP contribution in [-0.4, -0.2) is 31.2 Å². The van der Waals surface area contributed by atoms with Gasteiger partial charge in [-0.2, -0.15) is 0 Å². The van der Waals surface area contributed by atoms with Gasteiger partial charge in [-0.15, -0.1) is 0 Å². The van der Waals surface area contributed by atoms with Crippen LogP contribution < -0.4 is 10.2 Å². The van der Waals surface area contributed by atoms with Crippen molar-refractivity contribution in [1.29, 1.82) is 0 Å². The van der Waals surface area contributed by atoms with Crippen LogP contribution in [0.4, 0.5) is 10.5 Å². The fraction of sp³-hybridized carbons (Fsp3) is 0.176. The standard InChI is InChI=1S/C17H15BrN2O3/c18-15-9-5-4-8-14(15)16(21)19-10-13-11-20(17(22)23-13)12-6-2-1-3-7-12/h1-9,13H,10-11H2,(H,19,21). The molecule has 1 atom stereocenters. The minimum atomic E-state index is -0.392. The van der Waals surface area contributed by atoms with Gasteiger partial charge in [-0.1, -0.05) is 30.3 Å². The van der Waals surface area contributed by atoms with E-state index in [4.69, 9.17) is 4.74 Å². The minimum absolute atomic E-state index is 0.202. The number of rotatable bonds is 4. The van der Waals surface area contributed by atoms with E-state index >= 15 is 0 Å². The SMILES string of the molecule is O=C(NCC1CN(c2ccccc2)C(=O)O1)c1ccccc1Br. The molecule has 1 aliphatic heterocycles. The van der Waals surface area contributed by atoms with Gasteiger partial charge in [0.25, 0.3) is 5.91 Å². The predicted octanol–water partition coefficient (Wildman–Crippen LogP) is 3.20. The van der Waals surface area contributed by atoms with Crippen molar-refractivity contribution in [2.24, 2.45) is 0 Å². The number of carbonyl (C=O) groups is 2. The van der Waals surface area contributed by atoms with Gasteiger partial charge >= 0.3 is 6.09 Å². The van der Waals surface area contributed by atoms with Crippen molar-refractivity contribution in [3.8, 4) is 0 Å². The molecule has 6 heteroatoms. The van der Waals surface area contributed by atoms with Crippen LogP contribution in [0.2, 0.25) is 0 Å². The van der Waals surface area contributed by atoms with Crippen molar-refractivity contribution in [2.45, 2.75) is 6.10 Å². The predicted molar refractivity (Wildman–Crippen MR) is 90.5 cm³/mol. The highest BCUT2D eigenvalue weighted by molar-refractivity contribution is 9.10. The first kappa shape index (κ1) is 15.6. The molecule has 0 aliphatic carbocycles. The Labute approximate surface area is 142 Å². The third-order valence-corrected chi connectivity index (χ3v) is 4.24.